The highest BCUT2D eigenvalue weighted by Gasteiger charge is 2.30. The minimum atomic E-state index is -0.0834. The normalized spacial score (nSPS) is 13.4. The maximum absolute atomic E-state index is 13.1. The number of nitrogens with two attached hydrogens (primary N) is 1. The molecule has 1 heterocycles. The fraction of sp³-hybridized carbons (Fsp3) is 0.263. The van der Waals surface area contributed by atoms with E-state index in [1.807, 2.05) is 26.0 Å². The van der Waals surface area contributed by atoms with Crippen molar-refractivity contribution in [1.82, 2.24) is 9.55 Å². The molecule has 0 bridgehead atoms. The van der Waals surface area contributed by atoms with Crippen molar-refractivity contribution in [2.24, 2.45) is 0 Å². The van der Waals surface area contributed by atoms with Crippen molar-refractivity contribution in [3.05, 3.63) is 62.1 Å². The third-order valence-corrected chi connectivity index (χ3v) is 5.15. The van der Waals surface area contributed by atoms with Gasteiger partial charge in [0.2, 0.25) is 0 Å². The van der Waals surface area contributed by atoms with Crippen LogP contribution in [0.15, 0.2) is 45.7 Å². The highest BCUT2D eigenvalue weighted by molar-refractivity contribution is 9.10. The van der Waals surface area contributed by atoms with Gasteiger partial charge < -0.3 is 5.73 Å². The van der Waals surface area contributed by atoms with Crippen LogP contribution in [0.4, 0.5) is 5.69 Å². The molecule has 4 nitrogen and oxygen atoms in total. The predicted molar refractivity (Wildman–Crippen MR) is 108 cm³/mol. The highest BCUT2D eigenvalue weighted by Crippen LogP contribution is 2.40. The van der Waals surface area contributed by atoms with Crippen LogP contribution in [0.3, 0.4) is 0 Å². The number of rotatable bonds is 2. The minimum Gasteiger partial charge on any atom is -0.398 e. The monoisotopic (exact) mass is 419 g/mol. The molecule has 0 aliphatic heterocycles. The maximum atomic E-state index is 13.1. The quantitative estimate of drug-likeness (QED) is 0.573. The molecule has 2 N–H and O–H groups in total. The van der Waals surface area contributed by atoms with Crippen LogP contribution < -0.4 is 11.3 Å². The lowest BCUT2D eigenvalue weighted by Crippen LogP contribution is -2.23. The number of nitrogen functional groups attached to an aromatic ring is 1. The van der Waals surface area contributed by atoms with Crippen LogP contribution in [0.5, 0.6) is 0 Å². The molecule has 0 spiro atoms. The Morgan fingerprint density at radius 3 is 2.40 bits per heavy atom. The van der Waals surface area contributed by atoms with Gasteiger partial charge in [-0.1, -0.05) is 25.4 Å². The summed E-state index contributed by atoms with van der Waals surface area (Å²) < 4.78 is 2.37. The third kappa shape index (κ3) is 3.31. The molecule has 0 atom stereocenters. The Kier molecular flexibility index (Phi) is 5.16. The minimum absolute atomic E-state index is 0.0834. The number of hydrogen-bond acceptors (Lipinski definition) is 3. The van der Waals surface area contributed by atoms with Crippen LogP contribution in [0, 0.1) is 0 Å². The summed E-state index contributed by atoms with van der Waals surface area (Å²) in [5, 5.41) is 1.18. The van der Waals surface area contributed by atoms with E-state index in [1.165, 1.54) is 0 Å². The number of fused-ring (bicyclic) bond motifs is 1. The highest BCUT2D eigenvalue weighted by atomic mass is 79.9. The summed E-state index contributed by atoms with van der Waals surface area (Å²) in [6.07, 6.45) is 2.09. The number of hydrogen-bond donors (Lipinski definition) is 1. The number of anilines is 1. The van der Waals surface area contributed by atoms with Gasteiger partial charge in [0, 0.05) is 16.6 Å². The molecule has 2 aromatic carbocycles. The van der Waals surface area contributed by atoms with Crippen LogP contribution in [-0.4, -0.2) is 9.55 Å². The summed E-state index contributed by atoms with van der Waals surface area (Å²) in [6.45, 7) is 4.00. The van der Waals surface area contributed by atoms with E-state index < -0.39 is 0 Å². The van der Waals surface area contributed by atoms with Gasteiger partial charge >= 0.3 is 0 Å². The third-order valence-electron chi connectivity index (χ3n) is 4.06. The van der Waals surface area contributed by atoms with Gasteiger partial charge in [-0.15, -0.1) is 0 Å². The van der Waals surface area contributed by atoms with Crippen molar-refractivity contribution in [1.29, 1.82) is 0 Å². The average molecular weight is 421 g/mol. The van der Waals surface area contributed by atoms with E-state index in [9.17, 15) is 4.79 Å². The molecule has 6 heteroatoms. The summed E-state index contributed by atoms with van der Waals surface area (Å²) in [4.78, 5) is 17.8. The number of halogens is 2. The summed E-state index contributed by atoms with van der Waals surface area (Å²) >= 11 is 9.42. The largest absolute Gasteiger partial charge is 0.398 e. The lowest BCUT2D eigenvalue weighted by molar-refractivity contribution is 0.823. The van der Waals surface area contributed by atoms with Crippen molar-refractivity contribution in [2.45, 2.75) is 32.6 Å². The summed E-state index contributed by atoms with van der Waals surface area (Å²) in [5.74, 6) is 1.10. The van der Waals surface area contributed by atoms with E-state index in [-0.39, 0.29) is 5.56 Å². The fourth-order valence-electron chi connectivity index (χ4n) is 2.71. The molecule has 25 heavy (non-hydrogen) atoms. The molecule has 1 aliphatic rings. The summed E-state index contributed by atoms with van der Waals surface area (Å²) in [7, 11) is 0. The first-order chi connectivity index (χ1) is 12.1. The van der Waals surface area contributed by atoms with Gasteiger partial charge in [0.1, 0.15) is 5.82 Å². The molecule has 0 amide bonds. The fourth-order valence-corrected chi connectivity index (χ4v) is 3.27. The van der Waals surface area contributed by atoms with Crippen molar-refractivity contribution >= 4 is 44.1 Å². The zero-order chi connectivity index (χ0) is 18.1. The van der Waals surface area contributed by atoms with Crippen molar-refractivity contribution in [2.75, 3.05) is 5.73 Å². The summed E-state index contributed by atoms with van der Waals surface area (Å²) in [5.41, 5.74) is 7.84. The first-order valence-electron chi connectivity index (χ1n) is 8.33. The SMILES string of the molecule is CC.Nc1ccc2c(=O)n(-c3ccc(Cl)cc3)c(C3CC3)nc2c1Br. The second-order valence-corrected chi connectivity index (χ2v) is 6.96. The van der Waals surface area contributed by atoms with Gasteiger partial charge in [-0.05, 0) is 65.2 Å². The molecule has 130 valence electrons. The Morgan fingerprint density at radius 2 is 1.80 bits per heavy atom. The topological polar surface area (TPSA) is 60.9 Å². The van der Waals surface area contributed by atoms with E-state index in [2.05, 4.69) is 15.9 Å². The van der Waals surface area contributed by atoms with Crippen molar-refractivity contribution in [3.63, 3.8) is 0 Å². The number of aromatic nitrogens is 2. The van der Waals surface area contributed by atoms with Crippen LogP contribution >= 0.6 is 27.5 Å². The Hall–Kier alpha value is -1.85. The smallest absolute Gasteiger partial charge is 0.266 e. The zero-order valence-electron chi connectivity index (χ0n) is 14.1. The first kappa shape index (κ1) is 18.0. The second-order valence-electron chi connectivity index (χ2n) is 5.73. The van der Waals surface area contributed by atoms with Gasteiger partial charge in [0.05, 0.1) is 21.1 Å². The molecule has 0 radical (unpaired) electrons. The van der Waals surface area contributed by atoms with Gasteiger partial charge in [-0.2, -0.15) is 0 Å². The molecular formula is C19H19BrClN3O. The van der Waals surface area contributed by atoms with E-state index in [0.717, 1.165) is 24.4 Å². The maximum Gasteiger partial charge on any atom is 0.266 e. The zero-order valence-corrected chi connectivity index (χ0v) is 16.4. The van der Waals surface area contributed by atoms with Gasteiger partial charge in [0.15, 0.2) is 0 Å². The Labute approximate surface area is 159 Å². The van der Waals surface area contributed by atoms with Gasteiger partial charge in [-0.3, -0.25) is 9.36 Å². The Morgan fingerprint density at radius 1 is 1.16 bits per heavy atom. The standard InChI is InChI=1S/C17H13BrClN3O.C2H6/c18-14-13(20)8-7-12-15(14)21-16(9-1-2-9)22(17(12)23)11-5-3-10(19)4-6-11;1-2/h3-9H,1-2,20H2;1-2H3. The molecular weight excluding hydrogens is 402 g/mol. The van der Waals surface area contributed by atoms with Crippen LogP contribution in [0.25, 0.3) is 16.6 Å². The van der Waals surface area contributed by atoms with Crippen molar-refractivity contribution < 1.29 is 0 Å². The predicted octanol–water partition coefficient (Wildman–Crippen LogP) is 5.29. The lowest BCUT2D eigenvalue weighted by Gasteiger charge is -2.14. The Balaban J connectivity index is 0.000000880. The number of benzene rings is 2. The first-order valence-corrected chi connectivity index (χ1v) is 9.50. The molecule has 1 aliphatic carbocycles. The lowest BCUT2D eigenvalue weighted by atomic mass is 10.2. The second kappa shape index (κ2) is 7.18. The van der Waals surface area contributed by atoms with Gasteiger partial charge in [-0.25, -0.2) is 4.98 Å². The van der Waals surface area contributed by atoms with E-state index in [4.69, 9.17) is 22.3 Å². The van der Waals surface area contributed by atoms with Gasteiger partial charge in [0.25, 0.3) is 5.56 Å². The molecule has 1 aromatic heterocycles. The Bertz CT molecular complexity index is 979. The average Bonchev–Trinajstić information content (AvgIpc) is 3.46. The van der Waals surface area contributed by atoms with Crippen LogP contribution in [0.1, 0.15) is 38.4 Å². The molecule has 4 rings (SSSR count). The summed E-state index contributed by atoms with van der Waals surface area (Å²) in [6, 6.07) is 10.7. The van der Waals surface area contributed by atoms with Crippen LogP contribution in [-0.2, 0) is 0 Å². The van der Waals surface area contributed by atoms with E-state index in [1.54, 1.807) is 28.8 Å². The molecule has 1 saturated carbocycles. The van der Waals surface area contributed by atoms with Crippen LogP contribution in [0.2, 0.25) is 5.02 Å². The molecule has 0 unspecified atom stereocenters. The molecule has 1 fully saturated rings. The van der Waals surface area contributed by atoms with Crippen molar-refractivity contribution in [3.8, 4) is 5.69 Å². The van der Waals surface area contributed by atoms with E-state index >= 15 is 0 Å². The van der Waals surface area contributed by atoms with E-state index in [0.29, 0.717) is 32.0 Å². The number of nitrogens with zero attached hydrogens (tertiary/aromatic N) is 2. The molecule has 3 aromatic rings. The molecule has 0 saturated heterocycles.